The minimum Gasteiger partial charge on any atom is -0.491 e. The zero-order chi connectivity index (χ0) is 14.5. The van der Waals surface area contributed by atoms with Gasteiger partial charge in [0.25, 0.3) is 5.91 Å². The highest BCUT2D eigenvalue weighted by Gasteiger charge is 2.23. The lowest BCUT2D eigenvalue weighted by Crippen LogP contribution is -2.52. The molecule has 2 unspecified atom stereocenters. The molecule has 0 aromatic heterocycles. The number of hydrogen-bond donors (Lipinski definition) is 1. The summed E-state index contributed by atoms with van der Waals surface area (Å²) in [6.07, 6.45) is 1.17. The third-order valence-electron chi connectivity index (χ3n) is 3.78. The van der Waals surface area contributed by atoms with Crippen LogP contribution in [-0.2, 0) is 0 Å². The fourth-order valence-corrected chi connectivity index (χ4v) is 2.30. The number of piperazine rings is 1. The van der Waals surface area contributed by atoms with Crippen molar-refractivity contribution >= 4 is 5.91 Å². The van der Waals surface area contributed by atoms with E-state index in [2.05, 4.69) is 19.2 Å². The van der Waals surface area contributed by atoms with Crippen molar-refractivity contribution in [1.29, 1.82) is 0 Å². The molecule has 1 aromatic rings. The van der Waals surface area contributed by atoms with E-state index in [1.54, 1.807) is 0 Å². The van der Waals surface area contributed by atoms with Gasteiger partial charge in [0.05, 0.1) is 6.10 Å². The maximum Gasteiger partial charge on any atom is 0.254 e. The highest BCUT2D eigenvalue weighted by atomic mass is 16.5. The lowest BCUT2D eigenvalue weighted by atomic mass is 10.1. The molecule has 0 saturated carbocycles. The Morgan fingerprint density at radius 3 is 2.75 bits per heavy atom. The average Bonchev–Trinajstić information content (AvgIpc) is 2.47. The van der Waals surface area contributed by atoms with Crippen LogP contribution in [0.4, 0.5) is 0 Å². The smallest absolute Gasteiger partial charge is 0.254 e. The second kappa shape index (κ2) is 6.75. The number of nitrogens with one attached hydrogen (secondary N) is 1. The van der Waals surface area contributed by atoms with Crippen LogP contribution in [0.15, 0.2) is 24.3 Å². The number of nitrogens with zero attached hydrogens (tertiary/aromatic N) is 1. The SMILES string of the molecule is CCC(C)Oc1ccc(C(=O)N2CCNCC2C)cc1. The first-order chi connectivity index (χ1) is 9.61. The Hall–Kier alpha value is -1.55. The van der Waals surface area contributed by atoms with E-state index < -0.39 is 0 Å². The molecule has 1 saturated heterocycles. The number of carbonyl (C=O) groups excluding carboxylic acids is 1. The maximum atomic E-state index is 12.5. The van der Waals surface area contributed by atoms with E-state index >= 15 is 0 Å². The van der Waals surface area contributed by atoms with Gasteiger partial charge in [-0.1, -0.05) is 6.92 Å². The number of ether oxygens (including phenoxy) is 1. The molecule has 2 rings (SSSR count). The molecular weight excluding hydrogens is 252 g/mol. The van der Waals surface area contributed by atoms with E-state index in [1.807, 2.05) is 36.1 Å². The fraction of sp³-hybridized carbons (Fsp3) is 0.562. The van der Waals surface area contributed by atoms with Crippen LogP contribution < -0.4 is 10.1 Å². The molecule has 4 nitrogen and oxygen atoms in total. The zero-order valence-electron chi connectivity index (χ0n) is 12.6. The van der Waals surface area contributed by atoms with Gasteiger partial charge in [0.15, 0.2) is 0 Å². The van der Waals surface area contributed by atoms with Gasteiger partial charge in [-0.2, -0.15) is 0 Å². The van der Waals surface area contributed by atoms with Gasteiger partial charge in [-0.05, 0) is 44.5 Å². The number of rotatable bonds is 4. The lowest BCUT2D eigenvalue weighted by molar-refractivity contribution is 0.0655. The normalized spacial score (nSPS) is 20.6. The summed E-state index contributed by atoms with van der Waals surface area (Å²) in [5, 5.41) is 3.29. The summed E-state index contributed by atoms with van der Waals surface area (Å²) >= 11 is 0. The van der Waals surface area contributed by atoms with Crippen LogP contribution in [0, 0.1) is 0 Å². The Kier molecular flexibility index (Phi) is 5.01. The molecule has 1 heterocycles. The summed E-state index contributed by atoms with van der Waals surface area (Å²) in [6.45, 7) is 8.71. The fourth-order valence-electron chi connectivity index (χ4n) is 2.30. The minimum absolute atomic E-state index is 0.106. The van der Waals surface area contributed by atoms with Gasteiger partial charge in [0, 0.05) is 31.2 Å². The van der Waals surface area contributed by atoms with E-state index in [-0.39, 0.29) is 18.1 Å². The van der Waals surface area contributed by atoms with E-state index in [4.69, 9.17) is 4.74 Å². The Bertz CT molecular complexity index is 444. The van der Waals surface area contributed by atoms with Crippen molar-refractivity contribution in [2.45, 2.75) is 39.3 Å². The van der Waals surface area contributed by atoms with Crippen LogP contribution in [0.2, 0.25) is 0 Å². The predicted molar refractivity (Wildman–Crippen MR) is 80.2 cm³/mol. The summed E-state index contributed by atoms with van der Waals surface area (Å²) in [4.78, 5) is 14.4. The molecule has 1 N–H and O–H groups in total. The first-order valence-electron chi connectivity index (χ1n) is 7.40. The Labute approximate surface area is 121 Å². The van der Waals surface area contributed by atoms with Crippen molar-refractivity contribution in [3.63, 3.8) is 0 Å². The first kappa shape index (κ1) is 14.9. The largest absolute Gasteiger partial charge is 0.491 e. The van der Waals surface area contributed by atoms with Gasteiger partial charge in [-0.15, -0.1) is 0 Å². The molecule has 4 heteroatoms. The predicted octanol–water partition coefficient (Wildman–Crippen LogP) is 2.30. The van der Waals surface area contributed by atoms with Gasteiger partial charge in [-0.25, -0.2) is 0 Å². The molecule has 0 aliphatic carbocycles. The summed E-state index contributed by atoms with van der Waals surface area (Å²) in [5.41, 5.74) is 0.732. The molecule has 1 aliphatic heterocycles. The molecule has 20 heavy (non-hydrogen) atoms. The molecule has 1 amide bonds. The van der Waals surface area contributed by atoms with E-state index in [0.717, 1.165) is 37.4 Å². The lowest BCUT2D eigenvalue weighted by Gasteiger charge is -2.34. The average molecular weight is 276 g/mol. The maximum absolute atomic E-state index is 12.5. The van der Waals surface area contributed by atoms with Crippen LogP contribution in [-0.4, -0.2) is 42.6 Å². The Balaban J connectivity index is 2.03. The van der Waals surface area contributed by atoms with Crippen LogP contribution >= 0.6 is 0 Å². The van der Waals surface area contributed by atoms with Crippen molar-refractivity contribution in [2.75, 3.05) is 19.6 Å². The number of amides is 1. The van der Waals surface area contributed by atoms with E-state index in [0.29, 0.717) is 0 Å². The van der Waals surface area contributed by atoms with Gasteiger partial charge in [0.2, 0.25) is 0 Å². The Morgan fingerprint density at radius 1 is 1.45 bits per heavy atom. The van der Waals surface area contributed by atoms with Crippen LogP contribution in [0.5, 0.6) is 5.75 Å². The second-order valence-electron chi connectivity index (χ2n) is 5.41. The first-order valence-corrected chi connectivity index (χ1v) is 7.40. The van der Waals surface area contributed by atoms with Crippen molar-refractivity contribution in [2.24, 2.45) is 0 Å². The van der Waals surface area contributed by atoms with Crippen LogP contribution in [0.1, 0.15) is 37.6 Å². The summed E-state index contributed by atoms with van der Waals surface area (Å²) < 4.78 is 5.73. The molecule has 0 spiro atoms. The van der Waals surface area contributed by atoms with Crippen molar-refractivity contribution < 1.29 is 9.53 Å². The zero-order valence-corrected chi connectivity index (χ0v) is 12.6. The molecule has 1 fully saturated rings. The van der Waals surface area contributed by atoms with Crippen molar-refractivity contribution in [1.82, 2.24) is 10.2 Å². The standard InChI is InChI=1S/C16H24N2O2/c1-4-13(3)20-15-7-5-14(6-8-15)16(19)18-10-9-17-11-12(18)2/h5-8,12-13,17H,4,9-11H2,1-3H3. The molecule has 1 aromatic carbocycles. The summed E-state index contributed by atoms with van der Waals surface area (Å²) in [5.74, 6) is 0.929. The monoisotopic (exact) mass is 276 g/mol. The number of benzene rings is 1. The van der Waals surface area contributed by atoms with Gasteiger partial charge >= 0.3 is 0 Å². The van der Waals surface area contributed by atoms with Gasteiger partial charge < -0.3 is 15.0 Å². The quantitative estimate of drug-likeness (QED) is 0.917. The topological polar surface area (TPSA) is 41.6 Å². The molecular formula is C16H24N2O2. The number of carbonyl (C=O) groups is 1. The third kappa shape index (κ3) is 3.51. The number of hydrogen-bond acceptors (Lipinski definition) is 3. The van der Waals surface area contributed by atoms with Crippen molar-refractivity contribution in [3.8, 4) is 5.75 Å². The van der Waals surface area contributed by atoms with Gasteiger partial charge in [-0.3, -0.25) is 4.79 Å². The molecule has 0 radical (unpaired) electrons. The molecule has 1 aliphatic rings. The molecule has 110 valence electrons. The van der Waals surface area contributed by atoms with Crippen molar-refractivity contribution in [3.05, 3.63) is 29.8 Å². The van der Waals surface area contributed by atoms with E-state index in [1.165, 1.54) is 0 Å². The Morgan fingerprint density at radius 2 is 2.15 bits per heavy atom. The highest BCUT2D eigenvalue weighted by molar-refractivity contribution is 5.94. The summed E-state index contributed by atoms with van der Waals surface area (Å²) in [6, 6.07) is 7.72. The second-order valence-corrected chi connectivity index (χ2v) is 5.41. The highest BCUT2D eigenvalue weighted by Crippen LogP contribution is 2.17. The van der Waals surface area contributed by atoms with E-state index in [9.17, 15) is 4.79 Å². The minimum atomic E-state index is 0.106. The van der Waals surface area contributed by atoms with Crippen LogP contribution in [0.25, 0.3) is 0 Å². The van der Waals surface area contributed by atoms with Gasteiger partial charge in [0.1, 0.15) is 5.75 Å². The van der Waals surface area contributed by atoms with Crippen LogP contribution in [0.3, 0.4) is 0 Å². The third-order valence-corrected chi connectivity index (χ3v) is 3.78. The molecule has 0 bridgehead atoms. The molecule has 2 atom stereocenters. The summed E-state index contributed by atoms with van der Waals surface area (Å²) in [7, 11) is 0.